The summed E-state index contributed by atoms with van der Waals surface area (Å²) in [5.41, 5.74) is 6.25. The molecule has 5 nitrogen and oxygen atoms in total. The van der Waals surface area contributed by atoms with Gasteiger partial charge in [0.2, 0.25) is 5.91 Å². The van der Waals surface area contributed by atoms with Crippen LogP contribution in [0, 0.1) is 19.8 Å². The van der Waals surface area contributed by atoms with Gasteiger partial charge in [0.05, 0.1) is 0 Å². The molecule has 1 aliphatic rings. The summed E-state index contributed by atoms with van der Waals surface area (Å²) in [7, 11) is 0. The largest absolute Gasteiger partial charge is 0.370 e. The number of rotatable bonds is 3. The first kappa shape index (κ1) is 12.8. The highest BCUT2D eigenvalue weighted by Gasteiger charge is 2.22. The predicted octanol–water partition coefficient (Wildman–Crippen LogP) is 1.19. The molecule has 1 aromatic heterocycles. The second kappa shape index (κ2) is 5.33. The molecule has 2 heterocycles. The maximum Gasteiger partial charge on any atom is 0.217 e. The normalized spacial score (nSPS) is 19.9. The first-order chi connectivity index (χ1) is 8.54. The van der Waals surface area contributed by atoms with Crippen LogP contribution in [0.25, 0.3) is 0 Å². The Morgan fingerprint density at radius 3 is 2.94 bits per heavy atom. The van der Waals surface area contributed by atoms with E-state index in [1.165, 1.54) is 0 Å². The standard InChI is InChI=1S/C13H20N4O/c1-9-6-13(16-10(2)15-9)17-5-3-4-11(8-17)7-12(14)18/h6,11H,3-5,7-8H2,1-2H3,(H2,14,18). The number of carbonyl (C=O) groups is 1. The number of carbonyl (C=O) groups excluding carboxylic acids is 1. The molecule has 1 aliphatic heterocycles. The van der Waals surface area contributed by atoms with Crippen LogP contribution in [0.4, 0.5) is 5.82 Å². The first-order valence-electron chi connectivity index (χ1n) is 6.40. The van der Waals surface area contributed by atoms with Gasteiger partial charge in [-0.05, 0) is 32.6 Å². The van der Waals surface area contributed by atoms with Crippen molar-refractivity contribution >= 4 is 11.7 Å². The first-order valence-corrected chi connectivity index (χ1v) is 6.40. The molecule has 0 aromatic carbocycles. The number of aromatic nitrogens is 2. The Morgan fingerprint density at radius 1 is 1.50 bits per heavy atom. The molecular weight excluding hydrogens is 228 g/mol. The third kappa shape index (κ3) is 3.18. The number of hydrogen-bond donors (Lipinski definition) is 1. The molecule has 0 saturated carbocycles. The summed E-state index contributed by atoms with van der Waals surface area (Å²) in [5.74, 6) is 1.90. The smallest absolute Gasteiger partial charge is 0.217 e. The molecule has 0 bridgehead atoms. The summed E-state index contributed by atoms with van der Waals surface area (Å²) in [6.07, 6.45) is 2.63. The molecule has 0 radical (unpaired) electrons. The average Bonchev–Trinajstić information content (AvgIpc) is 2.27. The molecule has 1 aromatic rings. The Balaban J connectivity index is 2.10. The highest BCUT2D eigenvalue weighted by atomic mass is 16.1. The number of anilines is 1. The molecule has 1 saturated heterocycles. The van der Waals surface area contributed by atoms with Gasteiger partial charge in [0.25, 0.3) is 0 Å². The van der Waals surface area contributed by atoms with Crippen LogP contribution in [-0.4, -0.2) is 29.0 Å². The Labute approximate surface area is 107 Å². The van der Waals surface area contributed by atoms with Crippen LogP contribution in [0.3, 0.4) is 0 Å². The van der Waals surface area contributed by atoms with E-state index in [9.17, 15) is 4.79 Å². The maximum atomic E-state index is 11.0. The van der Waals surface area contributed by atoms with E-state index in [2.05, 4.69) is 14.9 Å². The lowest BCUT2D eigenvalue weighted by Gasteiger charge is -2.33. The molecular formula is C13H20N4O. The van der Waals surface area contributed by atoms with Crippen molar-refractivity contribution in [1.82, 2.24) is 9.97 Å². The molecule has 18 heavy (non-hydrogen) atoms. The molecule has 2 N–H and O–H groups in total. The average molecular weight is 248 g/mol. The van der Waals surface area contributed by atoms with E-state index in [-0.39, 0.29) is 5.91 Å². The van der Waals surface area contributed by atoms with Gasteiger partial charge in [-0.15, -0.1) is 0 Å². The fourth-order valence-corrected chi connectivity index (χ4v) is 2.58. The lowest BCUT2D eigenvalue weighted by Crippen LogP contribution is -2.37. The van der Waals surface area contributed by atoms with Crippen molar-refractivity contribution in [3.05, 3.63) is 17.6 Å². The van der Waals surface area contributed by atoms with Crippen molar-refractivity contribution in [2.45, 2.75) is 33.1 Å². The second-order valence-corrected chi connectivity index (χ2v) is 5.04. The summed E-state index contributed by atoms with van der Waals surface area (Å²) in [4.78, 5) is 22.0. The number of amides is 1. The Kier molecular flexibility index (Phi) is 3.79. The third-order valence-corrected chi connectivity index (χ3v) is 3.29. The zero-order chi connectivity index (χ0) is 13.1. The van der Waals surface area contributed by atoms with Crippen molar-refractivity contribution in [3.63, 3.8) is 0 Å². The van der Waals surface area contributed by atoms with Crippen molar-refractivity contribution in [2.75, 3.05) is 18.0 Å². The van der Waals surface area contributed by atoms with Crippen LogP contribution in [0.5, 0.6) is 0 Å². The molecule has 98 valence electrons. The van der Waals surface area contributed by atoms with Gasteiger partial charge >= 0.3 is 0 Å². The monoisotopic (exact) mass is 248 g/mol. The van der Waals surface area contributed by atoms with Gasteiger partial charge in [0.15, 0.2) is 0 Å². The summed E-state index contributed by atoms with van der Waals surface area (Å²) in [5, 5.41) is 0. The zero-order valence-corrected chi connectivity index (χ0v) is 11.0. The lowest BCUT2D eigenvalue weighted by atomic mass is 9.94. The van der Waals surface area contributed by atoms with Gasteiger partial charge < -0.3 is 10.6 Å². The Morgan fingerprint density at radius 2 is 2.28 bits per heavy atom. The number of hydrogen-bond acceptors (Lipinski definition) is 4. The van der Waals surface area contributed by atoms with Gasteiger partial charge in [0, 0.05) is 31.3 Å². The number of nitrogens with two attached hydrogens (primary N) is 1. The van der Waals surface area contributed by atoms with E-state index in [0.717, 1.165) is 43.3 Å². The van der Waals surface area contributed by atoms with Crippen molar-refractivity contribution < 1.29 is 4.79 Å². The number of piperidine rings is 1. The maximum absolute atomic E-state index is 11.0. The minimum atomic E-state index is -0.211. The van der Waals surface area contributed by atoms with Crippen LogP contribution in [0.2, 0.25) is 0 Å². The molecule has 1 fully saturated rings. The second-order valence-electron chi connectivity index (χ2n) is 5.04. The van der Waals surface area contributed by atoms with E-state index in [4.69, 9.17) is 5.73 Å². The fraction of sp³-hybridized carbons (Fsp3) is 0.615. The third-order valence-electron chi connectivity index (χ3n) is 3.29. The van der Waals surface area contributed by atoms with E-state index in [1.54, 1.807) is 0 Å². The minimum Gasteiger partial charge on any atom is -0.370 e. The summed E-state index contributed by atoms with van der Waals surface area (Å²) in [6, 6.07) is 2.00. The SMILES string of the molecule is Cc1cc(N2CCCC(CC(N)=O)C2)nc(C)n1. The summed E-state index contributed by atoms with van der Waals surface area (Å²) in [6.45, 7) is 5.73. The summed E-state index contributed by atoms with van der Waals surface area (Å²) < 4.78 is 0. The van der Waals surface area contributed by atoms with Gasteiger partial charge in [-0.1, -0.05) is 0 Å². The molecule has 0 aliphatic carbocycles. The predicted molar refractivity (Wildman–Crippen MR) is 70.3 cm³/mol. The molecule has 0 spiro atoms. The van der Waals surface area contributed by atoms with Crippen molar-refractivity contribution in [1.29, 1.82) is 0 Å². The van der Waals surface area contributed by atoms with E-state index in [1.807, 2.05) is 19.9 Å². The van der Waals surface area contributed by atoms with E-state index >= 15 is 0 Å². The highest BCUT2D eigenvalue weighted by Crippen LogP contribution is 2.23. The molecule has 5 heteroatoms. The van der Waals surface area contributed by atoms with Gasteiger partial charge in [0.1, 0.15) is 11.6 Å². The minimum absolute atomic E-state index is 0.211. The van der Waals surface area contributed by atoms with Gasteiger partial charge in [-0.2, -0.15) is 0 Å². The topological polar surface area (TPSA) is 72.1 Å². The van der Waals surface area contributed by atoms with Gasteiger partial charge in [-0.25, -0.2) is 9.97 Å². The molecule has 1 unspecified atom stereocenters. The Bertz CT molecular complexity index is 426. The fourth-order valence-electron chi connectivity index (χ4n) is 2.58. The van der Waals surface area contributed by atoms with Crippen LogP contribution in [-0.2, 0) is 4.79 Å². The summed E-state index contributed by atoms with van der Waals surface area (Å²) >= 11 is 0. The van der Waals surface area contributed by atoms with Crippen molar-refractivity contribution in [2.24, 2.45) is 11.7 Å². The van der Waals surface area contributed by atoms with Crippen LogP contribution < -0.4 is 10.6 Å². The molecule has 2 rings (SSSR count). The zero-order valence-electron chi connectivity index (χ0n) is 11.0. The number of nitrogens with zero attached hydrogens (tertiary/aromatic N) is 3. The van der Waals surface area contributed by atoms with Crippen LogP contribution in [0.1, 0.15) is 30.8 Å². The lowest BCUT2D eigenvalue weighted by molar-refractivity contribution is -0.118. The Hall–Kier alpha value is -1.65. The number of aryl methyl sites for hydroxylation is 2. The number of primary amides is 1. The van der Waals surface area contributed by atoms with E-state index in [0.29, 0.717) is 12.3 Å². The van der Waals surface area contributed by atoms with E-state index < -0.39 is 0 Å². The van der Waals surface area contributed by atoms with Crippen LogP contribution in [0.15, 0.2) is 6.07 Å². The van der Waals surface area contributed by atoms with Crippen LogP contribution >= 0.6 is 0 Å². The molecule has 1 amide bonds. The quantitative estimate of drug-likeness (QED) is 0.872. The van der Waals surface area contributed by atoms with Gasteiger partial charge in [-0.3, -0.25) is 4.79 Å². The highest BCUT2D eigenvalue weighted by molar-refractivity contribution is 5.74. The molecule has 1 atom stereocenters. The van der Waals surface area contributed by atoms with Crippen molar-refractivity contribution in [3.8, 4) is 0 Å².